The third-order valence-corrected chi connectivity index (χ3v) is 4.89. The zero-order valence-electron chi connectivity index (χ0n) is 9.93. The maximum Gasteiger partial charge on any atom is 0.145 e. The lowest BCUT2D eigenvalue weighted by Gasteiger charge is -2.20. The Morgan fingerprint density at radius 3 is 2.50 bits per heavy atom. The molecule has 0 aliphatic heterocycles. The highest BCUT2D eigenvalue weighted by molar-refractivity contribution is 14.1. The predicted octanol–water partition coefficient (Wildman–Crippen LogP) is 4.65. The van der Waals surface area contributed by atoms with Crippen molar-refractivity contribution in [2.24, 2.45) is 5.84 Å². The summed E-state index contributed by atoms with van der Waals surface area (Å²) >= 11 is 8.51. The van der Waals surface area contributed by atoms with E-state index in [0.29, 0.717) is 5.56 Å². The van der Waals surface area contributed by atoms with E-state index in [1.54, 1.807) is 6.07 Å². The van der Waals surface area contributed by atoms with Crippen molar-refractivity contribution in [3.8, 4) is 0 Å². The van der Waals surface area contributed by atoms with Crippen LogP contribution in [0.15, 0.2) is 39.3 Å². The van der Waals surface area contributed by atoms with E-state index in [9.17, 15) is 8.78 Å². The fourth-order valence-electron chi connectivity index (χ4n) is 1.87. The molecule has 0 bridgehead atoms. The average Bonchev–Trinajstić information content (AvgIpc) is 2.42. The standard InChI is InChI=1S/C13H9Br2F2IN2/c14-6-1-4-10(18)7(5-6)13(20-19)11-9(16)3-2-8(15)12(11)17/h1-5,13,20H,19H2. The molecule has 2 aromatic carbocycles. The fourth-order valence-corrected chi connectivity index (χ4v) is 3.24. The van der Waals surface area contributed by atoms with Crippen molar-refractivity contribution in [1.82, 2.24) is 5.43 Å². The monoisotopic (exact) mass is 516 g/mol. The van der Waals surface area contributed by atoms with E-state index in [2.05, 4.69) is 59.9 Å². The molecule has 1 unspecified atom stereocenters. The van der Waals surface area contributed by atoms with Crippen molar-refractivity contribution in [1.29, 1.82) is 0 Å². The van der Waals surface area contributed by atoms with E-state index in [-0.39, 0.29) is 10.0 Å². The van der Waals surface area contributed by atoms with Crippen LogP contribution in [0.3, 0.4) is 0 Å². The maximum absolute atomic E-state index is 14.2. The quantitative estimate of drug-likeness (QED) is 0.269. The Labute approximate surface area is 145 Å². The van der Waals surface area contributed by atoms with Crippen molar-refractivity contribution in [3.63, 3.8) is 0 Å². The number of benzene rings is 2. The predicted molar refractivity (Wildman–Crippen MR) is 90.1 cm³/mol. The summed E-state index contributed by atoms with van der Waals surface area (Å²) in [7, 11) is 0. The number of hydrogen-bond donors (Lipinski definition) is 2. The highest BCUT2D eigenvalue weighted by atomic mass is 127. The minimum atomic E-state index is -0.781. The van der Waals surface area contributed by atoms with Crippen molar-refractivity contribution in [2.75, 3.05) is 0 Å². The first-order valence-electron chi connectivity index (χ1n) is 5.50. The summed E-state index contributed by atoms with van der Waals surface area (Å²) in [4.78, 5) is 0. The zero-order chi connectivity index (χ0) is 14.9. The van der Waals surface area contributed by atoms with Crippen molar-refractivity contribution in [2.45, 2.75) is 6.04 Å². The van der Waals surface area contributed by atoms with Crippen LogP contribution in [0.2, 0.25) is 0 Å². The average molecular weight is 518 g/mol. The molecule has 1 atom stereocenters. The van der Waals surface area contributed by atoms with Gasteiger partial charge in [0.25, 0.3) is 0 Å². The molecule has 3 N–H and O–H groups in total. The smallest absolute Gasteiger partial charge is 0.145 e. The van der Waals surface area contributed by atoms with E-state index in [1.807, 2.05) is 12.1 Å². The molecule has 0 saturated carbocycles. The van der Waals surface area contributed by atoms with Crippen LogP contribution in [-0.4, -0.2) is 0 Å². The van der Waals surface area contributed by atoms with E-state index in [1.165, 1.54) is 12.1 Å². The van der Waals surface area contributed by atoms with Crippen molar-refractivity contribution < 1.29 is 8.78 Å². The number of rotatable bonds is 3. The SMILES string of the molecule is NNC(c1cc(Br)ccc1I)c1c(F)ccc(Br)c1F. The summed E-state index contributed by atoms with van der Waals surface area (Å²) in [6.45, 7) is 0. The first kappa shape index (κ1) is 16.3. The Morgan fingerprint density at radius 2 is 1.85 bits per heavy atom. The van der Waals surface area contributed by atoms with Crippen LogP contribution in [0.4, 0.5) is 8.78 Å². The Hall–Kier alpha value is -0.0900. The van der Waals surface area contributed by atoms with Gasteiger partial charge in [0.15, 0.2) is 0 Å². The molecule has 7 heteroatoms. The van der Waals surface area contributed by atoms with Gasteiger partial charge in [-0.1, -0.05) is 15.9 Å². The molecule has 0 saturated heterocycles. The van der Waals surface area contributed by atoms with E-state index in [0.717, 1.165) is 8.04 Å². The summed E-state index contributed by atoms with van der Waals surface area (Å²) in [6.07, 6.45) is 0. The molecule has 2 aromatic rings. The lowest BCUT2D eigenvalue weighted by atomic mass is 9.98. The Morgan fingerprint density at radius 1 is 1.15 bits per heavy atom. The molecule has 0 spiro atoms. The van der Waals surface area contributed by atoms with Gasteiger partial charge in [-0.05, 0) is 74.4 Å². The normalized spacial score (nSPS) is 12.5. The van der Waals surface area contributed by atoms with Gasteiger partial charge in [-0.2, -0.15) is 0 Å². The zero-order valence-corrected chi connectivity index (χ0v) is 15.3. The van der Waals surface area contributed by atoms with Gasteiger partial charge in [-0.15, -0.1) is 0 Å². The molecule has 2 nitrogen and oxygen atoms in total. The molecule has 0 radical (unpaired) electrons. The Bertz CT molecular complexity index is 653. The van der Waals surface area contributed by atoms with Gasteiger partial charge in [-0.25, -0.2) is 14.2 Å². The first-order chi connectivity index (χ1) is 9.45. The maximum atomic E-state index is 14.2. The van der Waals surface area contributed by atoms with Gasteiger partial charge in [0.1, 0.15) is 11.6 Å². The van der Waals surface area contributed by atoms with Crippen molar-refractivity contribution in [3.05, 3.63) is 65.6 Å². The van der Waals surface area contributed by atoms with Crippen LogP contribution < -0.4 is 11.3 Å². The number of hydrogen-bond acceptors (Lipinski definition) is 2. The van der Waals surface area contributed by atoms with Crippen LogP contribution in [0.1, 0.15) is 17.2 Å². The largest absolute Gasteiger partial charge is 0.271 e. The van der Waals surface area contributed by atoms with Crippen LogP contribution >= 0.6 is 54.5 Å². The van der Waals surface area contributed by atoms with Gasteiger partial charge in [0.2, 0.25) is 0 Å². The van der Waals surface area contributed by atoms with Crippen LogP contribution in [0.5, 0.6) is 0 Å². The molecule has 0 aliphatic rings. The summed E-state index contributed by atoms with van der Waals surface area (Å²) in [6, 6.07) is 7.24. The molecule has 0 aromatic heterocycles. The van der Waals surface area contributed by atoms with Gasteiger partial charge < -0.3 is 0 Å². The minimum absolute atomic E-state index is 0.113. The second-order valence-corrected chi connectivity index (χ2v) is 6.95. The topological polar surface area (TPSA) is 38.0 Å². The second kappa shape index (κ2) is 6.78. The Balaban J connectivity index is 2.64. The molecule has 106 valence electrons. The number of halogens is 5. The highest BCUT2D eigenvalue weighted by Crippen LogP contribution is 2.33. The molecule has 0 heterocycles. The Kier molecular flexibility index (Phi) is 5.52. The molecule has 20 heavy (non-hydrogen) atoms. The second-order valence-electron chi connectivity index (χ2n) is 4.02. The van der Waals surface area contributed by atoms with Gasteiger partial charge in [-0.3, -0.25) is 5.84 Å². The fraction of sp³-hybridized carbons (Fsp3) is 0.0769. The first-order valence-corrected chi connectivity index (χ1v) is 8.16. The summed E-state index contributed by atoms with van der Waals surface area (Å²) in [5, 5.41) is 0. The summed E-state index contributed by atoms with van der Waals surface area (Å²) < 4.78 is 30.1. The lowest BCUT2D eigenvalue weighted by Crippen LogP contribution is -2.31. The number of hydrazine groups is 1. The van der Waals surface area contributed by atoms with Crippen LogP contribution in [-0.2, 0) is 0 Å². The van der Waals surface area contributed by atoms with Crippen LogP contribution in [0, 0.1) is 15.2 Å². The molecular formula is C13H9Br2F2IN2. The highest BCUT2D eigenvalue weighted by Gasteiger charge is 2.24. The van der Waals surface area contributed by atoms with Crippen LogP contribution in [0.25, 0.3) is 0 Å². The van der Waals surface area contributed by atoms with Crippen molar-refractivity contribution >= 4 is 54.5 Å². The minimum Gasteiger partial charge on any atom is -0.271 e. The molecule has 0 fully saturated rings. The van der Waals surface area contributed by atoms with Gasteiger partial charge in [0, 0.05) is 13.6 Å². The van der Waals surface area contributed by atoms with E-state index >= 15 is 0 Å². The van der Waals surface area contributed by atoms with Gasteiger partial charge >= 0.3 is 0 Å². The molecule has 0 amide bonds. The third-order valence-electron chi connectivity index (χ3n) is 2.80. The van der Waals surface area contributed by atoms with E-state index < -0.39 is 17.7 Å². The lowest BCUT2D eigenvalue weighted by molar-refractivity contribution is 0.506. The summed E-state index contributed by atoms with van der Waals surface area (Å²) in [5.41, 5.74) is 3.06. The molecular weight excluding hydrogens is 509 g/mol. The summed E-state index contributed by atoms with van der Waals surface area (Å²) in [5.74, 6) is 4.21. The number of nitrogens with two attached hydrogens (primary N) is 1. The number of nitrogens with one attached hydrogen (secondary N) is 1. The van der Waals surface area contributed by atoms with Gasteiger partial charge in [0.05, 0.1) is 10.5 Å². The molecule has 2 rings (SSSR count). The van der Waals surface area contributed by atoms with E-state index in [4.69, 9.17) is 5.84 Å². The third kappa shape index (κ3) is 3.22. The molecule has 0 aliphatic carbocycles.